The number of hydrogen-bond acceptors (Lipinski definition) is 5. The van der Waals surface area contributed by atoms with Crippen molar-refractivity contribution >= 4 is 5.97 Å². The van der Waals surface area contributed by atoms with E-state index < -0.39 is 0 Å². The van der Waals surface area contributed by atoms with Crippen LogP contribution in [0.4, 0.5) is 0 Å². The summed E-state index contributed by atoms with van der Waals surface area (Å²) in [5.41, 5.74) is 1.25. The third-order valence-corrected chi connectivity index (χ3v) is 3.88. The molecule has 1 fully saturated rings. The van der Waals surface area contributed by atoms with Crippen LogP contribution in [0.1, 0.15) is 25.3 Å². The third kappa shape index (κ3) is 5.00. The fourth-order valence-electron chi connectivity index (χ4n) is 2.66. The largest absolute Gasteiger partial charge is 0.468 e. The number of nitrogens with zero attached hydrogens (tertiary/aromatic N) is 1. The lowest BCUT2D eigenvalue weighted by atomic mass is 9.96. The predicted octanol–water partition coefficient (Wildman–Crippen LogP) is 2.44. The van der Waals surface area contributed by atoms with Gasteiger partial charge in [-0.05, 0) is 50.6 Å². The van der Waals surface area contributed by atoms with Crippen molar-refractivity contribution in [1.29, 1.82) is 0 Å². The van der Waals surface area contributed by atoms with Crippen molar-refractivity contribution in [3.8, 4) is 5.75 Å². The fourth-order valence-corrected chi connectivity index (χ4v) is 2.66. The molecular formula is C17H25NO4. The van der Waals surface area contributed by atoms with Crippen molar-refractivity contribution in [2.75, 3.05) is 33.6 Å². The molecule has 0 saturated carbocycles. The van der Waals surface area contributed by atoms with Crippen LogP contribution in [-0.2, 0) is 20.8 Å². The quantitative estimate of drug-likeness (QED) is 0.572. The van der Waals surface area contributed by atoms with Crippen LogP contribution in [0.15, 0.2) is 24.3 Å². The Labute approximate surface area is 132 Å². The van der Waals surface area contributed by atoms with Crippen LogP contribution in [-0.4, -0.2) is 44.5 Å². The Kier molecular flexibility index (Phi) is 6.68. The molecule has 1 heterocycles. The third-order valence-electron chi connectivity index (χ3n) is 3.88. The maximum Gasteiger partial charge on any atom is 0.309 e. The molecule has 2 rings (SSSR count). The van der Waals surface area contributed by atoms with Crippen molar-refractivity contribution in [3.63, 3.8) is 0 Å². The summed E-state index contributed by atoms with van der Waals surface area (Å²) in [7, 11) is 1.61. The van der Waals surface area contributed by atoms with E-state index in [4.69, 9.17) is 14.2 Å². The van der Waals surface area contributed by atoms with Gasteiger partial charge in [-0.2, -0.15) is 0 Å². The summed E-state index contributed by atoms with van der Waals surface area (Å²) in [5.74, 6) is 0.842. The van der Waals surface area contributed by atoms with Gasteiger partial charge in [0.05, 0.1) is 12.5 Å². The summed E-state index contributed by atoms with van der Waals surface area (Å²) in [5, 5.41) is 0. The van der Waals surface area contributed by atoms with Gasteiger partial charge < -0.3 is 14.2 Å². The standard InChI is InChI=1S/C17H25NO4/c1-3-21-17(19)15-8-10-18(11-9-15)12-14-4-6-16(7-5-14)22-13-20-2/h4-7,15H,3,8-13H2,1-2H3. The SMILES string of the molecule is CCOC(=O)C1CCN(Cc2ccc(OCOC)cc2)CC1. The van der Waals surface area contributed by atoms with E-state index in [1.54, 1.807) is 7.11 Å². The summed E-state index contributed by atoms with van der Waals surface area (Å²) in [6, 6.07) is 8.06. The normalized spacial score (nSPS) is 16.5. The van der Waals surface area contributed by atoms with Crippen LogP contribution in [0, 0.1) is 5.92 Å². The van der Waals surface area contributed by atoms with E-state index in [9.17, 15) is 4.79 Å². The second-order valence-electron chi connectivity index (χ2n) is 5.50. The lowest BCUT2D eigenvalue weighted by Crippen LogP contribution is -2.36. The van der Waals surface area contributed by atoms with Crippen LogP contribution in [0.2, 0.25) is 0 Å². The zero-order chi connectivity index (χ0) is 15.8. The van der Waals surface area contributed by atoms with Gasteiger partial charge >= 0.3 is 5.97 Å². The summed E-state index contributed by atoms with van der Waals surface area (Å²) >= 11 is 0. The Balaban J connectivity index is 1.77. The zero-order valence-corrected chi connectivity index (χ0v) is 13.4. The van der Waals surface area contributed by atoms with Crippen LogP contribution in [0.25, 0.3) is 0 Å². The number of methoxy groups -OCH3 is 1. The molecule has 0 spiro atoms. The second-order valence-corrected chi connectivity index (χ2v) is 5.50. The topological polar surface area (TPSA) is 48.0 Å². The van der Waals surface area contributed by atoms with Gasteiger partial charge in [0.25, 0.3) is 0 Å². The molecule has 5 heteroatoms. The monoisotopic (exact) mass is 307 g/mol. The minimum atomic E-state index is -0.0400. The van der Waals surface area contributed by atoms with Gasteiger partial charge in [-0.15, -0.1) is 0 Å². The van der Waals surface area contributed by atoms with E-state index in [-0.39, 0.29) is 18.7 Å². The van der Waals surface area contributed by atoms with Crippen molar-refractivity contribution in [1.82, 2.24) is 4.90 Å². The first kappa shape index (κ1) is 16.8. The van der Waals surface area contributed by atoms with Crippen LogP contribution in [0.3, 0.4) is 0 Å². The molecule has 1 aromatic rings. The summed E-state index contributed by atoms with van der Waals surface area (Å²) in [6.07, 6.45) is 1.77. The summed E-state index contributed by atoms with van der Waals surface area (Å²) in [4.78, 5) is 14.1. The molecule has 0 bridgehead atoms. The lowest BCUT2D eigenvalue weighted by Gasteiger charge is -2.30. The molecule has 0 amide bonds. The van der Waals surface area contributed by atoms with Crippen LogP contribution in [0.5, 0.6) is 5.75 Å². The van der Waals surface area contributed by atoms with Crippen LogP contribution < -0.4 is 4.74 Å². The minimum Gasteiger partial charge on any atom is -0.468 e. The highest BCUT2D eigenvalue weighted by molar-refractivity contribution is 5.72. The molecule has 0 radical (unpaired) electrons. The van der Waals surface area contributed by atoms with Crippen LogP contribution >= 0.6 is 0 Å². The highest BCUT2D eigenvalue weighted by Gasteiger charge is 2.25. The highest BCUT2D eigenvalue weighted by Crippen LogP contribution is 2.21. The predicted molar refractivity (Wildman–Crippen MR) is 83.6 cm³/mol. The molecule has 1 aromatic carbocycles. The van der Waals surface area contributed by atoms with Crippen molar-refractivity contribution < 1.29 is 19.0 Å². The Morgan fingerprint density at radius 1 is 1.23 bits per heavy atom. The summed E-state index contributed by atoms with van der Waals surface area (Å²) in [6.45, 7) is 5.36. The first-order valence-electron chi connectivity index (χ1n) is 7.82. The van der Waals surface area contributed by atoms with E-state index in [2.05, 4.69) is 17.0 Å². The van der Waals surface area contributed by atoms with E-state index in [1.807, 2.05) is 19.1 Å². The molecule has 0 atom stereocenters. The molecule has 1 aliphatic heterocycles. The molecule has 122 valence electrons. The first-order valence-corrected chi connectivity index (χ1v) is 7.82. The average molecular weight is 307 g/mol. The zero-order valence-electron chi connectivity index (χ0n) is 13.4. The summed E-state index contributed by atoms with van der Waals surface area (Å²) < 4.78 is 15.4. The van der Waals surface area contributed by atoms with Gasteiger partial charge in [-0.3, -0.25) is 9.69 Å². The Morgan fingerprint density at radius 2 is 1.91 bits per heavy atom. The Morgan fingerprint density at radius 3 is 2.50 bits per heavy atom. The number of benzene rings is 1. The number of esters is 1. The fraction of sp³-hybridized carbons (Fsp3) is 0.588. The molecule has 1 saturated heterocycles. The van der Waals surface area contributed by atoms with Gasteiger partial charge in [-0.1, -0.05) is 12.1 Å². The van der Waals surface area contributed by atoms with E-state index in [1.165, 1.54) is 5.56 Å². The molecule has 1 aliphatic rings. The number of hydrogen-bond donors (Lipinski definition) is 0. The maximum absolute atomic E-state index is 11.7. The van der Waals surface area contributed by atoms with Gasteiger partial charge in [0.1, 0.15) is 5.75 Å². The van der Waals surface area contributed by atoms with Crippen molar-refractivity contribution in [2.45, 2.75) is 26.3 Å². The maximum atomic E-state index is 11.7. The number of carbonyl (C=O) groups is 1. The average Bonchev–Trinajstić information content (AvgIpc) is 2.55. The van der Waals surface area contributed by atoms with Gasteiger partial charge in [0.2, 0.25) is 0 Å². The van der Waals surface area contributed by atoms with Gasteiger partial charge in [0.15, 0.2) is 6.79 Å². The minimum absolute atomic E-state index is 0.0400. The number of rotatable bonds is 7. The van der Waals surface area contributed by atoms with E-state index in [0.717, 1.165) is 38.2 Å². The number of carbonyl (C=O) groups excluding carboxylic acids is 1. The lowest BCUT2D eigenvalue weighted by molar-refractivity contribution is -0.149. The molecule has 0 unspecified atom stereocenters. The van der Waals surface area contributed by atoms with Gasteiger partial charge in [-0.25, -0.2) is 0 Å². The highest BCUT2D eigenvalue weighted by atomic mass is 16.7. The Hall–Kier alpha value is -1.59. The number of piperidine rings is 1. The van der Waals surface area contributed by atoms with Crippen molar-refractivity contribution in [3.05, 3.63) is 29.8 Å². The van der Waals surface area contributed by atoms with Crippen molar-refractivity contribution in [2.24, 2.45) is 5.92 Å². The number of likely N-dealkylation sites (tertiary alicyclic amines) is 1. The van der Waals surface area contributed by atoms with E-state index >= 15 is 0 Å². The molecule has 22 heavy (non-hydrogen) atoms. The molecular weight excluding hydrogens is 282 g/mol. The van der Waals surface area contributed by atoms with Gasteiger partial charge in [0, 0.05) is 13.7 Å². The number of ether oxygens (including phenoxy) is 3. The first-order chi connectivity index (χ1) is 10.7. The molecule has 0 aliphatic carbocycles. The Bertz CT molecular complexity index is 452. The molecule has 0 aromatic heterocycles. The van der Waals surface area contributed by atoms with E-state index in [0.29, 0.717) is 6.61 Å². The smallest absolute Gasteiger partial charge is 0.309 e. The molecule has 5 nitrogen and oxygen atoms in total. The second kappa shape index (κ2) is 8.76. The molecule has 0 N–H and O–H groups in total.